The van der Waals surface area contributed by atoms with Crippen LogP contribution in [0, 0.1) is 12.3 Å². The van der Waals surface area contributed by atoms with E-state index in [4.69, 9.17) is 21.0 Å². The molecule has 0 spiro atoms. The van der Waals surface area contributed by atoms with Crippen molar-refractivity contribution in [1.82, 2.24) is 9.91 Å². The molecule has 5 nitrogen and oxygen atoms in total. The van der Waals surface area contributed by atoms with Gasteiger partial charge in [0, 0.05) is 24.3 Å². The van der Waals surface area contributed by atoms with Crippen molar-refractivity contribution in [2.45, 2.75) is 51.5 Å². The number of hydrazone groups is 1. The van der Waals surface area contributed by atoms with Crippen molar-refractivity contribution in [3.63, 3.8) is 0 Å². The van der Waals surface area contributed by atoms with Gasteiger partial charge in [0.2, 0.25) is 0 Å². The summed E-state index contributed by atoms with van der Waals surface area (Å²) in [7, 11) is 2.21. The van der Waals surface area contributed by atoms with Crippen LogP contribution in [0.4, 0.5) is 0 Å². The molecular weight excluding hydrogens is 374 g/mol. The number of likely N-dealkylation sites (tertiary alicyclic amines) is 1. The molecule has 0 unspecified atom stereocenters. The summed E-state index contributed by atoms with van der Waals surface area (Å²) in [5.74, 6) is 3.48. The molecule has 0 radical (unpaired) electrons. The Bertz CT molecular complexity index is 868. The van der Waals surface area contributed by atoms with Gasteiger partial charge in [-0.15, -0.1) is 6.42 Å². The quantitative estimate of drug-likeness (QED) is 0.405. The molecule has 4 rings (SSSR count). The summed E-state index contributed by atoms with van der Waals surface area (Å²) in [5, 5.41) is 7.58. The molecule has 0 bridgehead atoms. The second-order valence-corrected chi connectivity index (χ2v) is 8.50. The van der Waals surface area contributed by atoms with Gasteiger partial charge in [0.15, 0.2) is 6.79 Å². The first-order valence-electron chi connectivity index (χ1n) is 11.3. The van der Waals surface area contributed by atoms with Gasteiger partial charge in [-0.25, -0.2) is 0 Å². The molecule has 0 amide bonds. The lowest BCUT2D eigenvalue weighted by molar-refractivity contribution is 0.0223. The van der Waals surface area contributed by atoms with E-state index in [1.54, 1.807) is 5.57 Å². The third-order valence-electron chi connectivity index (χ3n) is 6.38. The van der Waals surface area contributed by atoms with Gasteiger partial charge in [0.05, 0.1) is 18.3 Å². The minimum atomic E-state index is 0.216. The van der Waals surface area contributed by atoms with E-state index in [-0.39, 0.29) is 6.79 Å². The summed E-state index contributed by atoms with van der Waals surface area (Å²) < 4.78 is 11.4. The predicted octanol–water partition coefficient (Wildman–Crippen LogP) is 4.03. The highest BCUT2D eigenvalue weighted by atomic mass is 16.7. The van der Waals surface area contributed by atoms with Gasteiger partial charge in [-0.05, 0) is 88.4 Å². The van der Waals surface area contributed by atoms with Crippen molar-refractivity contribution in [2.75, 3.05) is 40.1 Å². The van der Waals surface area contributed by atoms with Crippen LogP contribution in [-0.2, 0) is 4.74 Å². The molecule has 1 aromatic rings. The number of hydrogen-bond acceptors (Lipinski definition) is 5. The lowest BCUT2D eigenvalue weighted by Crippen LogP contribution is -2.47. The average Bonchev–Trinajstić information content (AvgIpc) is 2.78. The fraction of sp³-hybridized carbons (Fsp3) is 0.560. The second-order valence-electron chi connectivity index (χ2n) is 8.50. The molecule has 1 aromatic carbocycles. The van der Waals surface area contributed by atoms with Crippen molar-refractivity contribution in [2.24, 2.45) is 5.10 Å². The molecule has 160 valence electrons. The number of hydrogen-bond donors (Lipinski definition) is 0. The Morgan fingerprint density at radius 2 is 2.10 bits per heavy atom. The molecule has 1 saturated heterocycles. The van der Waals surface area contributed by atoms with Gasteiger partial charge in [-0.2, -0.15) is 5.10 Å². The Kier molecular flexibility index (Phi) is 6.76. The number of piperidine rings is 1. The van der Waals surface area contributed by atoms with E-state index >= 15 is 0 Å². The first-order valence-corrected chi connectivity index (χ1v) is 11.3. The zero-order chi connectivity index (χ0) is 20.9. The molecule has 2 aliphatic heterocycles. The van der Waals surface area contributed by atoms with Crippen LogP contribution in [0.25, 0.3) is 0 Å². The van der Waals surface area contributed by atoms with Gasteiger partial charge < -0.3 is 14.4 Å². The van der Waals surface area contributed by atoms with Crippen molar-refractivity contribution < 1.29 is 9.47 Å². The summed E-state index contributed by atoms with van der Waals surface area (Å²) in [6, 6.07) is 6.47. The Morgan fingerprint density at radius 3 is 2.90 bits per heavy atom. The smallest absolute Gasteiger partial charge is 0.189 e. The van der Waals surface area contributed by atoms with Crippen LogP contribution in [0.15, 0.2) is 34.4 Å². The van der Waals surface area contributed by atoms with Crippen molar-refractivity contribution in [3.8, 4) is 18.1 Å². The monoisotopic (exact) mass is 407 g/mol. The number of benzene rings is 1. The van der Waals surface area contributed by atoms with E-state index < -0.39 is 0 Å². The molecular formula is C25H33N3O2. The number of ether oxygens (including phenoxy) is 2. The summed E-state index contributed by atoms with van der Waals surface area (Å²) in [5.41, 5.74) is 5.87. The van der Waals surface area contributed by atoms with Crippen LogP contribution in [-0.4, -0.2) is 61.7 Å². The van der Waals surface area contributed by atoms with Gasteiger partial charge in [-0.1, -0.05) is 5.92 Å². The van der Waals surface area contributed by atoms with Gasteiger partial charge in [0.25, 0.3) is 0 Å². The van der Waals surface area contributed by atoms with Crippen LogP contribution in [0.2, 0.25) is 0 Å². The zero-order valence-electron chi connectivity index (χ0n) is 18.3. The maximum atomic E-state index is 6.00. The van der Waals surface area contributed by atoms with Crippen LogP contribution in [0.3, 0.4) is 0 Å². The van der Waals surface area contributed by atoms with Gasteiger partial charge >= 0.3 is 0 Å². The Hall–Kier alpha value is -2.29. The molecule has 0 aromatic heterocycles. The Morgan fingerprint density at radius 1 is 1.23 bits per heavy atom. The molecule has 30 heavy (non-hydrogen) atoms. The predicted molar refractivity (Wildman–Crippen MR) is 121 cm³/mol. The third kappa shape index (κ3) is 4.55. The Labute approximate surface area is 180 Å². The molecule has 3 aliphatic rings. The minimum Gasteiger partial charge on any atom is -0.467 e. The Balaban J connectivity index is 1.71. The van der Waals surface area contributed by atoms with Gasteiger partial charge in [0.1, 0.15) is 5.75 Å². The van der Waals surface area contributed by atoms with Crippen molar-refractivity contribution >= 4 is 5.71 Å². The third-order valence-corrected chi connectivity index (χ3v) is 6.38. The van der Waals surface area contributed by atoms with E-state index in [0.717, 1.165) is 42.1 Å². The lowest BCUT2D eigenvalue weighted by Gasteiger charge is -2.40. The van der Waals surface area contributed by atoms with Crippen LogP contribution < -0.4 is 4.74 Å². The molecule has 1 aliphatic carbocycles. The molecule has 5 heteroatoms. The number of likely N-dealkylation sites (N-methyl/N-ethyl adjacent to an activating group) is 1. The largest absolute Gasteiger partial charge is 0.467 e. The van der Waals surface area contributed by atoms with E-state index in [0.29, 0.717) is 12.6 Å². The first-order chi connectivity index (χ1) is 14.7. The fourth-order valence-corrected chi connectivity index (χ4v) is 4.77. The standard InChI is InChI=1S/C25H33N3O2/c1-4-19-12-13-23(24(15-19)30-18-29-5-2)25-22-11-7-6-9-20(22)16-28(26-25)21-10-8-14-27(3)17-21/h1,12-13,15,21H,5-11,14,16-18H2,2-3H3/t21-/m1/s1. The molecule has 0 N–H and O–H groups in total. The van der Waals surface area contributed by atoms with E-state index in [1.165, 1.54) is 44.2 Å². The van der Waals surface area contributed by atoms with E-state index in [9.17, 15) is 0 Å². The number of rotatable bonds is 6. The summed E-state index contributed by atoms with van der Waals surface area (Å²) in [6.45, 7) is 6.01. The maximum Gasteiger partial charge on any atom is 0.189 e. The van der Waals surface area contributed by atoms with E-state index in [2.05, 4.69) is 28.9 Å². The number of terminal acetylenes is 1. The summed E-state index contributed by atoms with van der Waals surface area (Å²) in [6.07, 6.45) is 12.8. The zero-order valence-corrected chi connectivity index (χ0v) is 18.3. The molecule has 2 heterocycles. The highest BCUT2D eigenvalue weighted by Crippen LogP contribution is 2.36. The highest BCUT2D eigenvalue weighted by molar-refractivity contribution is 6.15. The van der Waals surface area contributed by atoms with E-state index in [1.807, 2.05) is 19.1 Å². The molecule has 1 fully saturated rings. The van der Waals surface area contributed by atoms with Crippen molar-refractivity contribution in [3.05, 3.63) is 40.5 Å². The van der Waals surface area contributed by atoms with Crippen molar-refractivity contribution in [1.29, 1.82) is 0 Å². The number of nitrogens with zero attached hydrogens (tertiary/aromatic N) is 3. The minimum absolute atomic E-state index is 0.216. The second kappa shape index (κ2) is 9.68. The lowest BCUT2D eigenvalue weighted by atomic mass is 9.84. The normalized spacial score (nSPS) is 22.4. The van der Waals surface area contributed by atoms with Crippen LogP contribution >= 0.6 is 0 Å². The van der Waals surface area contributed by atoms with Gasteiger partial charge in [-0.3, -0.25) is 5.01 Å². The fourth-order valence-electron chi connectivity index (χ4n) is 4.77. The SMILES string of the molecule is C#Cc1ccc(C2=NN([C@@H]3CCCN(C)C3)CC3=C2CCCC3)c(OCOCC)c1. The maximum absolute atomic E-state index is 6.00. The van der Waals surface area contributed by atoms with Crippen LogP contribution in [0.5, 0.6) is 5.75 Å². The van der Waals surface area contributed by atoms with Crippen LogP contribution in [0.1, 0.15) is 56.6 Å². The number of allylic oxidation sites excluding steroid dienone is 1. The highest BCUT2D eigenvalue weighted by Gasteiger charge is 2.31. The molecule has 1 atom stereocenters. The molecule has 0 saturated carbocycles. The first kappa shape index (κ1) is 21.0. The summed E-state index contributed by atoms with van der Waals surface area (Å²) in [4.78, 5) is 2.42. The summed E-state index contributed by atoms with van der Waals surface area (Å²) >= 11 is 0. The average molecular weight is 408 g/mol. The topological polar surface area (TPSA) is 37.3 Å².